The van der Waals surface area contributed by atoms with Crippen molar-refractivity contribution < 1.29 is 17.6 Å². The van der Waals surface area contributed by atoms with Crippen LogP contribution < -0.4 is 9.62 Å². The number of hydrogen-bond donors (Lipinski definition) is 1. The fourth-order valence-electron chi connectivity index (χ4n) is 2.56. The summed E-state index contributed by atoms with van der Waals surface area (Å²) in [5, 5.41) is 2.77. The molecule has 2 aromatic rings. The Morgan fingerprint density at radius 3 is 2.52 bits per heavy atom. The Kier molecular flexibility index (Phi) is 4.12. The number of carbonyl (C=O) groups is 1. The zero-order valence-electron chi connectivity index (χ0n) is 12.8. The molecule has 1 fully saturated rings. The summed E-state index contributed by atoms with van der Waals surface area (Å²) in [7, 11) is -3.20. The zero-order valence-corrected chi connectivity index (χ0v) is 13.6. The summed E-state index contributed by atoms with van der Waals surface area (Å²) in [6.45, 7) is 2.65. The number of nitrogens with one attached hydrogen (secondary N) is 1. The first kappa shape index (κ1) is 15.6. The van der Waals surface area contributed by atoms with Crippen LogP contribution in [0.15, 0.2) is 40.8 Å². The minimum Gasteiger partial charge on any atom is -0.465 e. The van der Waals surface area contributed by atoms with Gasteiger partial charge < -0.3 is 9.73 Å². The van der Waals surface area contributed by atoms with Crippen molar-refractivity contribution in [3.63, 3.8) is 0 Å². The molecular weight excluding hydrogens is 316 g/mol. The largest absolute Gasteiger partial charge is 0.465 e. The molecule has 3 rings (SSSR count). The number of furan rings is 1. The summed E-state index contributed by atoms with van der Waals surface area (Å²) in [5.74, 6) is 1.44. The molecule has 23 heavy (non-hydrogen) atoms. The quantitative estimate of drug-likeness (QED) is 0.928. The van der Waals surface area contributed by atoms with E-state index in [4.69, 9.17) is 4.42 Å². The lowest BCUT2D eigenvalue weighted by atomic mass is 10.2. The average Bonchev–Trinajstić information content (AvgIpc) is 3.10. The summed E-state index contributed by atoms with van der Waals surface area (Å²) in [6.07, 6.45) is 0.632. The highest BCUT2D eigenvalue weighted by Gasteiger charge is 2.28. The Hall–Kier alpha value is -2.28. The molecule has 6 nitrogen and oxygen atoms in total. The number of nitrogens with zero attached hydrogens (tertiary/aromatic N) is 1. The molecule has 122 valence electrons. The molecule has 0 radical (unpaired) electrons. The molecule has 0 bridgehead atoms. The monoisotopic (exact) mass is 334 g/mol. The maximum absolute atomic E-state index is 12.1. The molecule has 1 saturated heterocycles. The van der Waals surface area contributed by atoms with Crippen LogP contribution in [-0.2, 0) is 16.6 Å². The summed E-state index contributed by atoms with van der Waals surface area (Å²) >= 11 is 0. The van der Waals surface area contributed by atoms with Crippen LogP contribution in [0, 0.1) is 6.92 Å². The van der Waals surface area contributed by atoms with E-state index in [1.807, 2.05) is 19.1 Å². The SMILES string of the molecule is Cc1ccc(CNC(=O)c2ccc(N3CCCS3(=O)=O)cc2)o1. The molecule has 1 aliphatic heterocycles. The maximum atomic E-state index is 12.1. The van der Waals surface area contributed by atoms with Crippen LogP contribution in [0.1, 0.15) is 28.3 Å². The van der Waals surface area contributed by atoms with Crippen molar-refractivity contribution in [2.24, 2.45) is 0 Å². The molecule has 2 heterocycles. The van der Waals surface area contributed by atoms with Crippen molar-refractivity contribution in [1.29, 1.82) is 0 Å². The van der Waals surface area contributed by atoms with E-state index in [1.165, 1.54) is 4.31 Å². The number of benzene rings is 1. The van der Waals surface area contributed by atoms with Gasteiger partial charge in [0.1, 0.15) is 11.5 Å². The van der Waals surface area contributed by atoms with Crippen LogP contribution >= 0.6 is 0 Å². The summed E-state index contributed by atoms with van der Waals surface area (Å²) in [5.41, 5.74) is 1.08. The second kappa shape index (κ2) is 6.08. The third-order valence-corrected chi connectivity index (χ3v) is 5.61. The number of sulfonamides is 1. The lowest BCUT2D eigenvalue weighted by Crippen LogP contribution is -2.25. The van der Waals surface area contributed by atoms with E-state index in [-0.39, 0.29) is 11.7 Å². The van der Waals surface area contributed by atoms with Gasteiger partial charge in [0, 0.05) is 12.1 Å². The second-order valence-electron chi connectivity index (χ2n) is 5.48. The summed E-state index contributed by atoms with van der Waals surface area (Å²) in [4.78, 5) is 12.1. The van der Waals surface area contributed by atoms with Crippen molar-refractivity contribution in [2.45, 2.75) is 19.9 Å². The standard InChI is InChI=1S/C16H18N2O4S/c1-12-3-8-15(22-12)11-17-16(19)13-4-6-14(7-5-13)18-9-2-10-23(18,20)21/h3-8H,2,9-11H2,1H3,(H,17,19). The first-order valence-corrected chi connectivity index (χ1v) is 9.01. The third kappa shape index (κ3) is 3.39. The minimum absolute atomic E-state index is 0.178. The van der Waals surface area contributed by atoms with Crippen LogP contribution in [0.2, 0.25) is 0 Å². The number of aryl methyl sites for hydroxylation is 1. The van der Waals surface area contributed by atoms with Crippen LogP contribution in [0.4, 0.5) is 5.69 Å². The van der Waals surface area contributed by atoms with E-state index in [1.54, 1.807) is 24.3 Å². The lowest BCUT2D eigenvalue weighted by Gasteiger charge is -2.16. The highest BCUT2D eigenvalue weighted by Crippen LogP contribution is 2.24. The van der Waals surface area contributed by atoms with Gasteiger partial charge in [-0.25, -0.2) is 8.42 Å². The molecule has 0 saturated carbocycles. The van der Waals surface area contributed by atoms with E-state index in [0.29, 0.717) is 36.5 Å². The van der Waals surface area contributed by atoms with Gasteiger partial charge in [-0.05, 0) is 49.7 Å². The van der Waals surface area contributed by atoms with Crippen LogP contribution in [0.25, 0.3) is 0 Å². The zero-order chi connectivity index (χ0) is 16.4. The molecule has 1 aromatic carbocycles. The number of rotatable bonds is 4. The average molecular weight is 334 g/mol. The van der Waals surface area contributed by atoms with E-state index >= 15 is 0 Å². The Bertz CT molecular complexity index is 809. The normalized spacial score (nSPS) is 16.5. The number of amides is 1. The first-order chi connectivity index (χ1) is 11.0. The fourth-order valence-corrected chi connectivity index (χ4v) is 4.12. The van der Waals surface area contributed by atoms with Gasteiger partial charge in [-0.15, -0.1) is 0 Å². The molecule has 1 aliphatic rings. The molecule has 7 heteroatoms. The van der Waals surface area contributed by atoms with E-state index in [9.17, 15) is 13.2 Å². The van der Waals surface area contributed by atoms with Gasteiger partial charge in [0.15, 0.2) is 0 Å². The maximum Gasteiger partial charge on any atom is 0.251 e. The predicted molar refractivity (Wildman–Crippen MR) is 86.8 cm³/mol. The Morgan fingerprint density at radius 1 is 1.22 bits per heavy atom. The third-order valence-electron chi connectivity index (χ3n) is 3.74. The smallest absolute Gasteiger partial charge is 0.251 e. The van der Waals surface area contributed by atoms with Crippen molar-refractivity contribution in [3.8, 4) is 0 Å². The minimum atomic E-state index is -3.20. The molecule has 1 aromatic heterocycles. The molecule has 0 spiro atoms. The van der Waals surface area contributed by atoms with Crippen molar-refractivity contribution in [2.75, 3.05) is 16.6 Å². The van der Waals surface area contributed by atoms with Gasteiger partial charge in [0.05, 0.1) is 18.0 Å². The van der Waals surface area contributed by atoms with E-state index in [0.717, 1.165) is 5.76 Å². The Balaban J connectivity index is 1.66. The molecule has 0 atom stereocenters. The van der Waals surface area contributed by atoms with Crippen LogP contribution in [0.5, 0.6) is 0 Å². The van der Waals surface area contributed by atoms with Crippen molar-refractivity contribution in [1.82, 2.24) is 5.32 Å². The Labute approximate surface area is 135 Å². The molecule has 1 amide bonds. The topological polar surface area (TPSA) is 79.6 Å². The number of carbonyl (C=O) groups excluding carboxylic acids is 1. The van der Waals surface area contributed by atoms with Crippen LogP contribution in [0.3, 0.4) is 0 Å². The fraction of sp³-hybridized carbons (Fsp3) is 0.312. The van der Waals surface area contributed by atoms with Crippen LogP contribution in [-0.4, -0.2) is 26.6 Å². The summed E-state index contributed by atoms with van der Waals surface area (Å²) in [6, 6.07) is 10.2. The van der Waals surface area contributed by atoms with E-state index in [2.05, 4.69) is 5.32 Å². The van der Waals surface area contributed by atoms with E-state index < -0.39 is 10.0 Å². The van der Waals surface area contributed by atoms with Crippen molar-refractivity contribution >= 4 is 21.6 Å². The van der Waals surface area contributed by atoms with Gasteiger partial charge >= 0.3 is 0 Å². The molecular formula is C16H18N2O4S. The highest BCUT2D eigenvalue weighted by atomic mass is 32.2. The first-order valence-electron chi connectivity index (χ1n) is 7.40. The highest BCUT2D eigenvalue weighted by molar-refractivity contribution is 7.93. The van der Waals surface area contributed by atoms with Gasteiger partial charge in [-0.2, -0.15) is 0 Å². The molecule has 0 unspecified atom stereocenters. The lowest BCUT2D eigenvalue weighted by molar-refractivity contribution is 0.0948. The van der Waals surface area contributed by atoms with Gasteiger partial charge in [-0.3, -0.25) is 9.10 Å². The predicted octanol–water partition coefficient (Wildman–Crippen LogP) is 2.06. The number of anilines is 1. The van der Waals surface area contributed by atoms with Gasteiger partial charge in [0.2, 0.25) is 10.0 Å². The Morgan fingerprint density at radius 2 is 1.96 bits per heavy atom. The van der Waals surface area contributed by atoms with Gasteiger partial charge in [0.25, 0.3) is 5.91 Å². The second-order valence-corrected chi connectivity index (χ2v) is 7.50. The summed E-state index contributed by atoms with van der Waals surface area (Å²) < 4.78 is 30.5. The molecule has 1 N–H and O–H groups in total. The number of hydrogen-bond acceptors (Lipinski definition) is 4. The molecule has 0 aliphatic carbocycles. The van der Waals surface area contributed by atoms with Gasteiger partial charge in [-0.1, -0.05) is 0 Å². The van der Waals surface area contributed by atoms with Crippen molar-refractivity contribution in [3.05, 3.63) is 53.5 Å².